The lowest BCUT2D eigenvalue weighted by Gasteiger charge is -2.28. The van der Waals surface area contributed by atoms with E-state index < -0.39 is 10.0 Å². The number of anilines is 1. The van der Waals surface area contributed by atoms with Crippen molar-refractivity contribution < 1.29 is 27.6 Å². The zero-order valence-electron chi connectivity index (χ0n) is 16.9. The van der Waals surface area contributed by atoms with Gasteiger partial charge < -0.3 is 15.0 Å². The summed E-state index contributed by atoms with van der Waals surface area (Å²) in [5.74, 6) is -0.485. The van der Waals surface area contributed by atoms with Crippen molar-refractivity contribution in [2.45, 2.75) is 37.5 Å². The van der Waals surface area contributed by atoms with Crippen molar-refractivity contribution in [1.82, 2.24) is 4.31 Å². The maximum Gasteiger partial charge on any atom is 0.314 e. The Kier molecular flexibility index (Phi) is 7.26. The average Bonchev–Trinajstić information content (AvgIpc) is 3.24. The predicted molar refractivity (Wildman–Crippen MR) is 108 cm³/mol. The van der Waals surface area contributed by atoms with Crippen molar-refractivity contribution in [3.8, 4) is 0 Å². The molecule has 2 atom stereocenters. The van der Waals surface area contributed by atoms with Crippen molar-refractivity contribution in [2.24, 2.45) is 5.92 Å². The molecule has 2 saturated heterocycles. The number of amides is 1. The standard InChI is InChI=1S/C20H29N3O5S/c1-2-28-20(25)16-6-5-11-22(14-16)15-19(24)21-17-7-9-18(10-8-17)29(26,27)23-12-3-4-13-23/h7-10,16H,2-6,11-15H2,1H3,(H,21,24)/p+1/t16-/m0/s1. The second-order valence-electron chi connectivity index (χ2n) is 7.66. The molecule has 2 fully saturated rings. The molecule has 0 aromatic heterocycles. The molecule has 8 nitrogen and oxygen atoms in total. The van der Waals surface area contributed by atoms with Crippen molar-refractivity contribution in [2.75, 3.05) is 44.6 Å². The number of sulfonamides is 1. The maximum absolute atomic E-state index is 12.6. The molecule has 1 amide bonds. The minimum Gasteiger partial charge on any atom is -0.466 e. The first-order valence-electron chi connectivity index (χ1n) is 10.3. The summed E-state index contributed by atoms with van der Waals surface area (Å²) >= 11 is 0. The molecule has 1 unspecified atom stereocenters. The fourth-order valence-corrected chi connectivity index (χ4v) is 5.51. The van der Waals surface area contributed by atoms with E-state index in [9.17, 15) is 18.0 Å². The van der Waals surface area contributed by atoms with Gasteiger partial charge in [-0.3, -0.25) is 9.59 Å². The molecule has 2 aliphatic rings. The summed E-state index contributed by atoms with van der Waals surface area (Å²) < 4.78 is 31.7. The predicted octanol–water partition coefficient (Wildman–Crippen LogP) is 0.268. The van der Waals surface area contributed by atoms with E-state index in [-0.39, 0.29) is 29.2 Å². The molecule has 1 aromatic rings. The Labute approximate surface area is 172 Å². The number of likely N-dealkylation sites (tertiary alicyclic amines) is 1. The fourth-order valence-electron chi connectivity index (χ4n) is 3.99. The van der Waals surface area contributed by atoms with Gasteiger partial charge in [0.05, 0.1) is 24.6 Å². The van der Waals surface area contributed by atoms with Crippen molar-refractivity contribution in [3.05, 3.63) is 24.3 Å². The van der Waals surface area contributed by atoms with Crippen LogP contribution in [0.3, 0.4) is 0 Å². The number of quaternary nitrogens is 1. The van der Waals surface area contributed by atoms with Crippen LogP contribution >= 0.6 is 0 Å². The largest absolute Gasteiger partial charge is 0.466 e. The van der Waals surface area contributed by atoms with Crippen LogP contribution in [0.15, 0.2) is 29.2 Å². The van der Waals surface area contributed by atoms with Crippen LogP contribution in [0.1, 0.15) is 32.6 Å². The van der Waals surface area contributed by atoms with Gasteiger partial charge in [0.2, 0.25) is 10.0 Å². The molecule has 3 rings (SSSR count). The molecular weight excluding hydrogens is 394 g/mol. The van der Waals surface area contributed by atoms with E-state index in [2.05, 4.69) is 5.32 Å². The maximum atomic E-state index is 12.6. The van der Waals surface area contributed by atoms with Crippen LogP contribution in [0.4, 0.5) is 5.69 Å². The number of nitrogens with zero attached hydrogens (tertiary/aromatic N) is 1. The first-order chi connectivity index (χ1) is 13.9. The molecule has 0 spiro atoms. The molecule has 0 saturated carbocycles. The van der Waals surface area contributed by atoms with Gasteiger partial charge >= 0.3 is 5.97 Å². The second-order valence-corrected chi connectivity index (χ2v) is 9.59. The third-order valence-corrected chi connectivity index (χ3v) is 7.40. The molecule has 0 bridgehead atoms. The Morgan fingerprint density at radius 2 is 1.86 bits per heavy atom. The number of carbonyl (C=O) groups excluding carboxylic acids is 2. The van der Waals surface area contributed by atoms with E-state index in [1.807, 2.05) is 0 Å². The van der Waals surface area contributed by atoms with Gasteiger partial charge in [0.25, 0.3) is 5.91 Å². The number of hydrogen-bond donors (Lipinski definition) is 2. The molecule has 29 heavy (non-hydrogen) atoms. The SMILES string of the molecule is CCOC(=O)[C@H]1CCC[NH+](CC(=O)Nc2ccc(S(=O)(=O)N3CCCC3)cc2)C1. The first-order valence-corrected chi connectivity index (χ1v) is 11.7. The summed E-state index contributed by atoms with van der Waals surface area (Å²) in [4.78, 5) is 25.6. The van der Waals surface area contributed by atoms with Crippen LogP contribution in [0, 0.1) is 5.92 Å². The van der Waals surface area contributed by atoms with E-state index in [0.717, 1.165) is 37.1 Å². The zero-order chi connectivity index (χ0) is 20.9. The number of carbonyl (C=O) groups is 2. The summed E-state index contributed by atoms with van der Waals surface area (Å²) in [6, 6.07) is 6.31. The Hall–Kier alpha value is -1.97. The topological polar surface area (TPSA) is 97.2 Å². The Bertz CT molecular complexity index is 819. The molecule has 0 radical (unpaired) electrons. The van der Waals surface area contributed by atoms with Crippen LogP contribution in [0.2, 0.25) is 0 Å². The lowest BCUT2D eigenvalue weighted by molar-refractivity contribution is -0.899. The van der Waals surface area contributed by atoms with Gasteiger partial charge in [-0.2, -0.15) is 4.31 Å². The number of esters is 1. The normalized spacial score (nSPS) is 22.9. The highest BCUT2D eigenvalue weighted by Gasteiger charge is 2.31. The number of nitrogens with one attached hydrogen (secondary N) is 2. The van der Waals surface area contributed by atoms with Gasteiger partial charge in [-0.25, -0.2) is 8.42 Å². The van der Waals surface area contributed by atoms with Gasteiger partial charge in [0.1, 0.15) is 5.92 Å². The number of ether oxygens (including phenoxy) is 1. The lowest BCUT2D eigenvalue weighted by Crippen LogP contribution is -3.14. The monoisotopic (exact) mass is 424 g/mol. The lowest BCUT2D eigenvalue weighted by atomic mass is 9.98. The quantitative estimate of drug-likeness (QED) is 0.613. The summed E-state index contributed by atoms with van der Waals surface area (Å²) in [7, 11) is -3.45. The minimum absolute atomic E-state index is 0.151. The minimum atomic E-state index is -3.45. The van der Waals surface area contributed by atoms with Crippen LogP contribution < -0.4 is 10.2 Å². The van der Waals surface area contributed by atoms with Gasteiger partial charge in [-0.15, -0.1) is 0 Å². The van der Waals surface area contributed by atoms with Crippen molar-refractivity contribution in [3.63, 3.8) is 0 Å². The molecule has 2 aliphatic heterocycles. The van der Waals surface area contributed by atoms with Crippen molar-refractivity contribution in [1.29, 1.82) is 0 Å². The number of benzene rings is 1. The van der Waals surface area contributed by atoms with E-state index in [4.69, 9.17) is 4.74 Å². The summed E-state index contributed by atoms with van der Waals surface area (Å²) in [5.41, 5.74) is 0.564. The van der Waals surface area contributed by atoms with Crippen molar-refractivity contribution >= 4 is 27.6 Å². The van der Waals surface area contributed by atoms with E-state index >= 15 is 0 Å². The van der Waals surface area contributed by atoms with Crippen LogP contribution in [0.5, 0.6) is 0 Å². The molecule has 0 aliphatic carbocycles. The van der Waals surface area contributed by atoms with Gasteiger partial charge in [-0.05, 0) is 56.9 Å². The summed E-state index contributed by atoms with van der Waals surface area (Å²) in [5, 5.41) is 2.82. The average molecular weight is 425 g/mol. The molecule has 9 heteroatoms. The second kappa shape index (κ2) is 9.69. The zero-order valence-corrected chi connectivity index (χ0v) is 17.7. The smallest absolute Gasteiger partial charge is 0.314 e. The highest BCUT2D eigenvalue weighted by Crippen LogP contribution is 2.22. The number of hydrogen-bond acceptors (Lipinski definition) is 5. The van der Waals surface area contributed by atoms with E-state index in [1.54, 1.807) is 19.1 Å². The molecule has 1 aromatic carbocycles. The van der Waals surface area contributed by atoms with Gasteiger partial charge in [0, 0.05) is 18.8 Å². The number of piperidine rings is 1. The molecule has 2 N–H and O–H groups in total. The van der Waals surface area contributed by atoms with Crippen LogP contribution in [-0.4, -0.2) is 63.9 Å². The van der Waals surface area contributed by atoms with Crippen LogP contribution in [0.25, 0.3) is 0 Å². The van der Waals surface area contributed by atoms with Gasteiger partial charge in [0.15, 0.2) is 6.54 Å². The van der Waals surface area contributed by atoms with Gasteiger partial charge in [-0.1, -0.05) is 0 Å². The summed E-state index contributed by atoms with van der Waals surface area (Å²) in [6.45, 7) is 4.99. The van der Waals surface area contributed by atoms with Crippen LogP contribution in [-0.2, 0) is 24.3 Å². The molecule has 2 heterocycles. The highest BCUT2D eigenvalue weighted by atomic mass is 32.2. The number of rotatable bonds is 7. The molecular formula is C20H30N3O5S+. The first kappa shape index (κ1) is 21.7. The molecule has 160 valence electrons. The Morgan fingerprint density at radius 3 is 2.52 bits per heavy atom. The van der Waals surface area contributed by atoms with E-state index in [0.29, 0.717) is 31.9 Å². The summed E-state index contributed by atoms with van der Waals surface area (Å²) in [6.07, 6.45) is 3.47. The van der Waals surface area contributed by atoms with E-state index in [1.165, 1.54) is 16.4 Å². The third-order valence-electron chi connectivity index (χ3n) is 5.49. The third kappa shape index (κ3) is 5.55. The fraction of sp³-hybridized carbons (Fsp3) is 0.600. The highest BCUT2D eigenvalue weighted by molar-refractivity contribution is 7.89. The Morgan fingerprint density at radius 1 is 1.17 bits per heavy atom. The Balaban J connectivity index is 1.53.